The third-order valence-corrected chi connectivity index (χ3v) is 7.42. The first-order chi connectivity index (χ1) is 9.72. The Morgan fingerprint density at radius 1 is 0.950 bits per heavy atom. The minimum absolute atomic E-state index is 1.20. The predicted molar refractivity (Wildman–Crippen MR) is 100 cm³/mol. The van der Waals surface area contributed by atoms with Gasteiger partial charge in [-0.25, -0.2) is 0 Å². The second-order valence-electron chi connectivity index (χ2n) is 5.01. The van der Waals surface area contributed by atoms with Crippen molar-refractivity contribution in [2.75, 3.05) is 0 Å². The summed E-state index contributed by atoms with van der Waals surface area (Å²) in [6.45, 7) is 2.27. The fourth-order valence-corrected chi connectivity index (χ4v) is 6.20. The molecular weight excluding hydrogens is 416 g/mol. The normalized spacial score (nSPS) is 11.2. The quantitative estimate of drug-likeness (QED) is 0.369. The minimum Gasteiger partial charge on any atom is -0.142 e. The molecule has 0 amide bonds. The molecule has 0 aromatic carbocycles. The summed E-state index contributed by atoms with van der Waals surface area (Å²) in [5.41, 5.74) is 0. The third kappa shape index (κ3) is 4.69. The molecule has 0 fully saturated rings. The van der Waals surface area contributed by atoms with Gasteiger partial charge in [0.05, 0.1) is 9.75 Å². The maximum atomic E-state index is 3.71. The third-order valence-electron chi connectivity index (χ3n) is 3.34. The van der Waals surface area contributed by atoms with E-state index in [2.05, 4.69) is 56.3 Å². The monoisotopic (exact) mass is 434 g/mol. The smallest absolute Gasteiger partial charge is 0.0599 e. The second-order valence-corrected chi connectivity index (χ2v) is 8.77. The van der Waals surface area contributed by atoms with Crippen LogP contribution in [-0.4, -0.2) is 0 Å². The lowest BCUT2D eigenvalue weighted by atomic mass is 10.1. The predicted octanol–water partition coefficient (Wildman–Crippen LogP) is 7.90. The molecule has 0 aliphatic heterocycles. The molecule has 4 heteroatoms. The van der Waals surface area contributed by atoms with Gasteiger partial charge in [0.15, 0.2) is 0 Å². The van der Waals surface area contributed by atoms with Crippen LogP contribution in [0.1, 0.15) is 50.3 Å². The van der Waals surface area contributed by atoms with Crippen molar-refractivity contribution in [2.24, 2.45) is 0 Å². The van der Waals surface area contributed by atoms with Gasteiger partial charge < -0.3 is 0 Å². The summed E-state index contributed by atoms with van der Waals surface area (Å²) in [6.07, 6.45) is 9.42. The van der Waals surface area contributed by atoms with Crippen LogP contribution in [0.15, 0.2) is 26.5 Å². The van der Waals surface area contributed by atoms with E-state index in [0.717, 1.165) is 0 Å². The molecule has 0 N–H and O–H groups in total. The lowest BCUT2D eigenvalue weighted by Crippen LogP contribution is -1.82. The topological polar surface area (TPSA) is 0 Å². The molecule has 0 radical (unpaired) electrons. The van der Waals surface area contributed by atoms with Crippen LogP contribution in [0.5, 0.6) is 0 Å². The van der Waals surface area contributed by atoms with E-state index in [9.17, 15) is 0 Å². The van der Waals surface area contributed by atoms with Gasteiger partial charge >= 0.3 is 0 Å². The Bertz CT molecular complexity index is 528. The van der Waals surface area contributed by atoms with Crippen LogP contribution < -0.4 is 0 Å². The molecule has 2 heterocycles. The summed E-state index contributed by atoms with van der Waals surface area (Å²) in [5.74, 6) is 0. The molecule has 2 rings (SSSR count). The van der Waals surface area contributed by atoms with Crippen LogP contribution in [-0.2, 0) is 6.42 Å². The molecule has 20 heavy (non-hydrogen) atoms. The molecule has 0 nitrogen and oxygen atoms in total. The highest BCUT2D eigenvalue weighted by Crippen LogP contribution is 2.43. The lowest BCUT2D eigenvalue weighted by Gasteiger charge is -1.99. The van der Waals surface area contributed by atoms with Crippen molar-refractivity contribution in [3.8, 4) is 9.75 Å². The molecule has 2 aromatic rings. The summed E-state index contributed by atoms with van der Waals surface area (Å²) < 4.78 is 2.45. The van der Waals surface area contributed by atoms with Gasteiger partial charge in [0.1, 0.15) is 0 Å². The number of unbranched alkanes of at least 4 members (excludes halogenated alkanes) is 5. The first-order valence-corrected chi connectivity index (χ1v) is 10.5. The average Bonchev–Trinajstić information content (AvgIpc) is 2.99. The molecule has 0 atom stereocenters. The molecule has 0 unspecified atom stereocenters. The van der Waals surface area contributed by atoms with Gasteiger partial charge in [0, 0.05) is 13.8 Å². The molecule has 0 saturated heterocycles. The molecule has 0 aliphatic carbocycles. The maximum Gasteiger partial charge on any atom is 0.0599 e. The molecule has 0 spiro atoms. The van der Waals surface area contributed by atoms with Crippen LogP contribution in [0.3, 0.4) is 0 Å². The van der Waals surface area contributed by atoms with Crippen molar-refractivity contribution >= 4 is 54.5 Å². The number of aryl methyl sites for hydroxylation is 1. The molecule has 2 aromatic heterocycles. The Kier molecular flexibility index (Phi) is 7.29. The number of rotatable bonds is 8. The van der Waals surface area contributed by atoms with Crippen molar-refractivity contribution < 1.29 is 0 Å². The Morgan fingerprint density at radius 2 is 1.70 bits per heavy atom. The zero-order chi connectivity index (χ0) is 14.4. The highest BCUT2D eigenvalue weighted by atomic mass is 79.9. The molecule has 110 valence electrons. The highest BCUT2D eigenvalue weighted by molar-refractivity contribution is 9.11. The fourth-order valence-electron chi connectivity index (χ4n) is 2.23. The van der Waals surface area contributed by atoms with Crippen LogP contribution in [0.2, 0.25) is 0 Å². The van der Waals surface area contributed by atoms with Gasteiger partial charge in [-0.3, -0.25) is 0 Å². The standard InChI is InChI=1S/C16H20Br2S2/c1-2-3-4-5-6-7-8-12-11-14(18)16(20-12)15-13(17)9-10-19-15/h9-11H,2-8H2,1H3. The van der Waals surface area contributed by atoms with Gasteiger partial charge in [-0.2, -0.15) is 0 Å². The summed E-state index contributed by atoms with van der Waals surface area (Å²) in [6, 6.07) is 4.43. The van der Waals surface area contributed by atoms with Crippen molar-refractivity contribution in [3.63, 3.8) is 0 Å². The fraction of sp³-hybridized carbons (Fsp3) is 0.500. The van der Waals surface area contributed by atoms with Gasteiger partial charge in [-0.1, -0.05) is 39.0 Å². The van der Waals surface area contributed by atoms with Gasteiger partial charge in [-0.05, 0) is 62.2 Å². The number of hydrogen-bond donors (Lipinski definition) is 0. The van der Waals surface area contributed by atoms with E-state index in [-0.39, 0.29) is 0 Å². The van der Waals surface area contributed by atoms with Crippen LogP contribution in [0, 0.1) is 0 Å². The summed E-state index contributed by atoms with van der Waals surface area (Å²) in [5, 5.41) is 2.14. The van der Waals surface area contributed by atoms with Crippen molar-refractivity contribution in [1.29, 1.82) is 0 Å². The largest absolute Gasteiger partial charge is 0.142 e. The zero-order valence-electron chi connectivity index (χ0n) is 11.8. The SMILES string of the molecule is CCCCCCCCc1cc(Br)c(-c2sccc2Br)s1. The molecule has 0 aliphatic rings. The summed E-state index contributed by atoms with van der Waals surface area (Å²) >= 11 is 11.1. The van der Waals surface area contributed by atoms with Crippen LogP contribution in [0.4, 0.5) is 0 Å². The number of halogens is 2. The summed E-state index contributed by atoms with van der Waals surface area (Å²) in [7, 11) is 0. The Morgan fingerprint density at radius 3 is 2.40 bits per heavy atom. The average molecular weight is 436 g/mol. The zero-order valence-corrected chi connectivity index (χ0v) is 16.6. The van der Waals surface area contributed by atoms with E-state index in [1.165, 1.54) is 68.5 Å². The van der Waals surface area contributed by atoms with Crippen LogP contribution >= 0.6 is 54.5 Å². The van der Waals surface area contributed by atoms with Crippen molar-refractivity contribution in [3.05, 3.63) is 31.3 Å². The van der Waals surface area contributed by atoms with Crippen molar-refractivity contribution in [1.82, 2.24) is 0 Å². The first kappa shape index (κ1) is 16.7. The molecule has 0 bridgehead atoms. The van der Waals surface area contributed by atoms with E-state index in [0.29, 0.717) is 0 Å². The maximum absolute atomic E-state index is 3.71. The van der Waals surface area contributed by atoms with E-state index < -0.39 is 0 Å². The van der Waals surface area contributed by atoms with Crippen LogP contribution in [0.25, 0.3) is 9.75 Å². The summed E-state index contributed by atoms with van der Waals surface area (Å²) in [4.78, 5) is 4.21. The van der Waals surface area contributed by atoms with E-state index in [1.54, 1.807) is 11.3 Å². The molecular formula is C16H20Br2S2. The second kappa shape index (κ2) is 8.72. The lowest BCUT2D eigenvalue weighted by molar-refractivity contribution is 0.609. The molecule has 0 saturated carbocycles. The number of hydrogen-bond acceptors (Lipinski definition) is 2. The van der Waals surface area contributed by atoms with Gasteiger partial charge in [0.25, 0.3) is 0 Å². The van der Waals surface area contributed by atoms with E-state index >= 15 is 0 Å². The Balaban J connectivity index is 1.87. The van der Waals surface area contributed by atoms with Gasteiger partial charge in [0.2, 0.25) is 0 Å². The first-order valence-electron chi connectivity index (χ1n) is 7.24. The Labute approximate surface area is 146 Å². The Hall–Kier alpha value is 0.360. The van der Waals surface area contributed by atoms with E-state index in [4.69, 9.17) is 0 Å². The highest BCUT2D eigenvalue weighted by Gasteiger charge is 2.12. The van der Waals surface area contributed by atoms with Gasteiger partial charge in [-0.15, -0.1) is 22.7 Å². The van der Waals surface area contributed by atoms with Crippen molar-refractivity contribution in [2.45, 2.75) is 51.9 Å². The minimum atomic E-state index is 1.20. The van der Waals surface area contributed by atoms with E-state index in [1.807, 2.05) is 11.3 Å². The number of thiophene rings is 2.